The van der Waals surface area contributed by atoms with Gasteiger partial charge < -0.3 is 103 Å². The number of phenolic OH excluding ortho intramolecular Hbond substituents is 1. The van der Waals surface area contributed by atoms with E-state index >= 15 is 0 Å². The minimum Gasteiger partial charge on any atom is -0.504 e. The normalized spacial score (nSPS) is 29.4. The number of ether oxygens (including phenoxy) is 2. The van der Waals surface area contributed by atoms with Gasteiger partial charge in [-0.1, -0.05) is 43.6 Å². The first-order chi connectivity index (χ1) is 46.5. The van der Waals surface area contributed by atoms with Gasteiger partial charge in [0.15, 0.2) is 11.5 Å². The van der Waals surface area contributed by atoms with Gasteiger partial charge in [0, 0.05) is 88.9 Å². The lowest BCUT2D eigenvalue weighted by Gasteiger charge is -2.47. The molecule has 6 aliphatic rings. The fourth-order valence-corrected chi connectivity index (χ4v) is 15.9. The molecule has 2 aliphatic carbocycles. The van der Waals surface area contributed by atoms with Gasteiger partial charge >= 0.3 is 0 Å². The zero-order valence-electron chi connectivity index (χ0n) is 55.6. The molecule has 29 nitrogen and oxygen atoms in total. The Bertz CT molecular complexity index is 3140. The molecule has 4 saturated heterocycles. The molecule has 0 spiro atoms. The molecule has 13 atom stereocenters. The van der Waals surface area contributed by atoms with Crippen molar-refractivity contribution < 1.29 is 83.9 Å². The number of primary amides is 1. The van der Waals surface area contributed by atoms with Gasteiger partial charge in [0.25, 0.3) is 0 Å². The van der Waals surface area contributed by atoms with E-state index in [4.69, 9.17) is 20.3 Å². The molecule has 16 N–H and O–H groups in total. The number of phenols is 1. The summed E-state index contributed by atoms with van der Waals surface area (Å²) >= 11 is 1.58. The lowest BCUT2D eigenvalue weighted by molar-refractivity contribution is -0.147. The monoisotopic (exact) mass is 1380 g/mol. The number of benzene rings is 2. The van der Waals surface area contributed by atoms with Crippen molar-refractivity contribution in [3.63, 3.8) is 0 Å². The second-order valence-corrected chi connectivity index (χ2v) is 28.4. The third-order valence-electron chi connectivity index (χ3n) is 20.6. The lowest BCUT2D eigenvalue weighted by atomic mass is 9.72. The van der Waals surface area contributed by atoms with Crippen LogP contribution in [0.25, 0.3) is 10.6 Å². The summed E-state index contributed by atoms with van der Waals surface area (Å²) in [7, 11) is 1.88. The number of aromatic hydroxyl groups is 1. The lowest BCUT2D eigenvalue weighted by Crippen LogP contribution is -2.64. The van der Waals surface area contributed by atoms with Gasteiger partial charge in [0.2, 0.25) is 41.4 Å². The number of aliphatic hydroxyl groups is 7. The number of hydrogen-bond donors (Lipinski definition) is 15. The van der Waals surface area contributed by atoms with Crippen LogP contribution in [0.4, 0.5) is 5.69 Å². The number of nitrogens with one attached hydrogen (secondary N) is 6. The van der Waals surface area contributed by atoms with Gasteiger partial charge in [-0.3, -0.25) is 33.6 Å². The van der Waals surface area contributed by atoms with Gasteiger partial charge in [-0.05, 0) is 131 Å². The van der Waals surface area contributed by atoms with Crippen LogP contribution >= 0.6 is 11.3 Å². The Morgan fingerprint density at radius 2 is 1.47 bits per heavy atom. The molecule has 6 fully saturated rings. The Morgan fingerprint density at radius 3 is 2.15 bits per heavy atom. The van der Waals surface area contributed by atoms with Crippen molar-refractivity contribution in [1.82, 2.24) is 51.9 Å². The number of nitrogens with zero attached hydrogens (tertiary/aromatic N) is 5. The molecule has 0 bridgehead atoms. The number of amides is 7. The molecule has 5 heterocycles. The van der Waals surface area contributed by atoms with Gasteiger partial charge in [0.1, 0.15) is 46.8 Å². The summed E-state index contributed by atoms with van der Waals surface area (Å²) < 4.78 is 12.0. The summed E-state index contributed by atoms with van der Waals surface area (Å²) in [5.74, 6) is -7.74. The molecule has 9 rings (SSSR count). The molecule has 30 heteroatoms. The SMILES string of the molecule is COC1(C2CCCCC2)CCN(c2ccc(-c3nnc([C@H]4CC[C@H](CN[C@H]5CC[C@@H](O)CNC(=O)[C@@H]6[C@@H](O)[C@@H](C)CN6C(=O)[C@H]([C@H](O)CC(N)=O)NC(=O)[C@H]([C@H](O)Cc6ccc(O)c(OCCNCCO)c6)NC(=O)[C@@H]6C[C@@H](O)CN6C(=O)[C@H]([C@@H](C)O)NC5=O)CC4)s3)cc2)CC1. The van der Waals surface area contributed by atoms with Gasteiger partial charge in [-0.2, -0.15) is 0 Å². The fraction of sp³-hybridized carbons (Fsp3) is 0.687. The first kappa shape index (κ1) is 74.5. The van der Waals surface area contributed by atoms with Crippen molar-refractivity contribution in [2.45, 2.75) is 201 Å². The highest BCUT2D eigenvalue weighted by atomic mass is 32.1. The van der Waals surface area contributed by atoms with Crippen molar-refractivity contribution in [3.05, 3.63) is 53.0 Å². The Labute approximate surface area is 569 Å². The van der Waals surface area contributed by atoms with Gasteiger partial charge in [-0.15, -0.1) is 10.2 Å². The predicted octanol–water partition coefficient (Wildman–Crippen LogP) is -1.22. The van der Waals surface area contributed by atoms with Crippen LogP contribution in [0, 0.1) is 17.8 Å². The smallest absolute Gasteiger partial charge is 0.248 e. The van der Waals surface area contributed by atoms with Crippen molar-refractivity contribution in [1.29, 1.82) is 0 Å². The molecule has 4 aliphatic heterocycles. The number of methoxy groups -OCH3 is 1. The summed E-state index contributed by atoms with van der Waals surface area (Å²) in [5, 5.41) is 116. The minimum absolute atomic E-state index is 0.0322. The quantitative estimate of drug-likeness (QED) is 0.0556. The predicted molar refractivity (Wildman–Crippen MR) is 355 cm³/mol. The van der Waals surface area contributed by atoms with E-state index < -0.39 is 152 Å². The summed E-state index contributed by atoms with van der Waals surface area (Å²) in [6.07, 6.45) is -0.422. The van der Waals surface area contributed by atoms with E-state index in [-0.39, 0.29) is 80.2 Å². The molecule has 2 aromatic carbocycles. The van der Waals surface area contributed by atoms with Crippen LogP contribution in [0.3, 0.4) is 0 Å². The highest BCUT2D eigenvalue weighted by Crippen LogP contribution is 2.43. The number of piperidine rings is 1. The zero-order chi connectivity index (χ0) is 69.7. The van der Waals surface area contributed by atoms with Crippen molar-refractivity contribution in [2.75, 3.05) is 77.6 Å². The third kappa shape index (κ3) is 18.8. The van der Waals surface area contributed by atoms with Crippen LogP contribution in [0.15, 0.2) is 42.5 Å². The van der Waals surface area contributed by atoms with Crippen molar-refractivity contribution in [3.8, 4) is 22.1 Å². The molecule has 3 aromatic rings. The number of carbonyl (C=O) groups is 7. The largest absolute Gasteiger partial charge is 0.504 e. The average Bonchev–Trinajstić information content (AvgIpc) is 1.78. The summed E-state index contributed by atoms with van der Waals surface area (Å²) in [5.41, 5.74) is 7.83. The Morgan fingerprint density at radius 1 is 0.784 bits per heavy atom. The van der Waals surface area contributed by atoms with Crippen LogP contribution in [-0.2, 0) is 44.7 Å². The fourth-order valence-electron chi connectivity index (χ4n) is 14.8. The highest BCUT2D eigenvalue weighted by molar-refractivity contribution is 7.14. The van der Waals surface area contributed by atoms with Gasteiger partial charge in [0.05, 0.1) is 61.3 Å². The molecule has 2 saturated carbocycles. The standard InChI is InChI=1S/C67H100N12O17S/c1-37-35-79-57(58(37)88)62(92)71-34-45(82)18-19-47(70-33-39-9-12-41(13-10-39)63-75-76-64(97-63)42-14-16-44(17-15-42)77-25-21-67(95-3,22-26-77)43-7-5-4-6-8-43)59(89)72-54(38(2)81)65(93)78-36-46(83)31-48(78)60(90)73-55(61(91)74-56(66(79)94)51(86)32-53(68)87)50(85)29-40-11-20-49(84)52(30-40)96-28-24-69-23-27-80/h11,14-17,20,30,37-39,41,43,45-48,50-51,54-58,69-70,80-86,88H,4-10,12-13,18-19,21-29,31-36H2,1-3H3,(H2,68,87)(H,71,92)(H,72,89)(H,73,90)(H,74,91)/t37-,38+,39-,41-,45+,46+,47-,48-,50+,51+,54-,55-,56-,57-,58-/m0/s1. The van der Waals surface area contributed by atoms with E-state index in [1.807, 2.05) is 7.11 Å². The minimum atomic E-state index is -2.13. The summed E-state index contributed by atoms with van der Waals surface area (Å²) in [6, 6.07) is 2.14. The van der Waals surface area contributed by atoms with E-state index in [0.717, 1.165) is 77.0 Å². The number of nitrogens with two attached hydrogens (primary N) is 1. The first-order valence-corrected chi connectivity index (χ1v) is 35.2. The van der Waals surface area contributed by atoms with Crippen LogP contribution in [0.2, 0.25) is 0 Å². The molecule has 0 unspecified atom stereocenters. The van der Waals surface area contributed by atoms with Crippen LogP contribution < -0.4 is 47.3 Å². The maximum absolute atomic E-state index is 14.8. The molecule has 1 aromatic heterocycles. The Kier molecular flexibility index (Phi) is 26.4. The molecular formula is C67H100N12O17S. The van der Waals surface area contributed by atoms with Crippen LogP contribution in [0.1, 0.15) is 127 Å². The van der Waals surface area contributed by atoms with Crippen molar-refractivity contribution >= 4 is 58.4 Å². The molecule has 0 radical (unpaired) electrons. The Balaban J connectivity index is 0.908. The molecule has 536 valence electrons. The van der Waals surface area contributed by atoms with E-state index in [2.05, 4.69) is 71.3 Å². The molecular weight excluding hydrogens is 1280 g/mol. The zero-order valence-corrected chi connectivity index (χ0v) is 56.5. The van der Waals surface area contributed by atoms with Crippen LogP contribution in [-0.4, -0.2) is 253 Å². The maximum atomic E-state index is 14.8. The summed E-state index contributed by atoms with van der Waals surface area (Å²) in [4.78, 5) is 104. The maximum Gasteiger partial charge on any atom is 0.248 e. The van der Waals surface area contributed by atoms with Gasteiger partial charge in [-0.25, -0.2) is 0 Å². The number of carbonyl (C=O) groups excluding carboxylic acids is 7. The van der Waals surface area contributed by atoms with Crippen LogP contribution in [0.5, 0.6) is 11.5 Å². The number of β-amino-alcohol motifs (C(OH)–C–C–N with tert-alkyl or cyclic N) is 1. The molecule has 97 heavy (non-hydrogen) atoms. The second-order valence-electron chi connectivity index (χ2n) is 27.4. The van der Waals surface area contributed by atoms with Crippen molar-refractivity contribution in [2.24, 2.45) is 23.5 Å². The number of aliphatic hydroxyl groups excluding tert-OH is 7. The average molecular weight is 1380 g/mol. The number of anilines is 1. The highest BCUT2D eigenvalue weighted by Gasteiger charge is 2.50. The summed E-state index contributed by atoms with van der Waals surface area (Å²) in [6.45, 7) is 4.19. The number of hydrogen-bond acceptors (Lipinski definition) is 23. The number of aromatic nitrogens is 2. The Hall–Kier alpha value is -6.71. The second kappa shape index (κ2) is 34.4. The van der Waals surface area contributed by atoms with E-state index in [9.17, 15) is 69.3 Å². The topological polar surface area (TPSA) is 433 Å². The number of fused-ring (bicyclic) bond motifs is 2. The molecule has 7 amide bonds. The number of rotatable bonds is 21. The third-order valence-corrected chi connectivity index (χ3v) is 21.7. The van der Waals surface area contributed by atoms with E-state index in [1.165, 1.54) is 69.8 Å². The first-order valence-electron chi connectivity index (χ1n) is 34.4. The van der Waals surface area contributed by atoms with E-state index in [1.54, 1.807) is 11.3 Å². The van der Waals surface area contributed by atoms with E-state index in [0.29, 0.717) is 12.5 Å².